The lowest BCUT2D eigenvalue weighted by molar-refractivity contribution is -0.132. The first-order valence-corrected chi connectivity index (χ1v) is 13.8. The third-order valence-corrected chi connectivity index (χ3v) is 9.76. The molecule has 1 fully saturated rings. The van der Waals surface area contributed by atoms with Crippen LogP contribution in [0.2, 0.25) is 0 Å². The molecule has 2 heterocycles. The lowest BCUT2D eigenvalue weighted by Crippen LogP contribution is -2.64. The quantitative estimate of drug-likeness (QED) is 0.204. The van der Waals surface area contributed by atoms with Gasteiger partial charge >= 0.3 is 11.9 Å². The van der Waals surface area contributed by atoms with E-state index < -0.39 is 23.5 Å². The zero-order valence-corrected chi connectivity index (χ0v) is 23.0. The van der Waals surface area contributed by atoms with Crippen molar-refractivity contribution >= 4 is 62.9 Å². The molecule has 2 bridgehead atoms. The highest BCUT2D eigenvalue weighted by molar-refractivity contribution is 14.1. The van der Waals surface area contributed by atoms with Crippen molar-refractivity contribution in [2.45, 2.75) is 41.3 Å². The standard InChI is InChI=1S/C25H23I2NO6/c1-13(29)32-18-6-4-3-5-15(18)24(31)33-19-8-7-14-11-16-22(27)25(9-10-28(16)2)20(14)21(19)34-23(25)17(30)12-26/h3-8,16,22-23H,9-12H2,1-2H3/t16-,22+,23+,25-/m1/s1. The number of carbonyl (C=O) groups excluding carboxylic acids is 3. The van der Waals surface area contributed by atoms with Crippen LogP contribution in [-0.2, 0) is 21.4 Å². The van der Waals surface area contributed by atoms with Crippen LogP contribution < -0.4 is 14.2 Å². The molecule has 2 aromatic carbocycles. The summed E-state index contributed by atoms with van der Waals surface area (Å²) < 4.78 is 17.9. The minimum absolute atomic E-state index is 0.0482. The van der Waals surface area contributed by atoms with Gasteiger partial charge in [0, 0.05) is 22.5 Å². The van der Waals surface area contributed by atoms with Crippen molar-refractivity contribution in [1.82, 2.24) is 4.90 Å². The van der Waals surface area contributed by atoms with Gasteiger partial charge in [0.2, 0.25) is 0 Å². The molecule has 0 saturated carbocycles. The van der Waals surface area contributed by atoms with Crippen LogP contribution in [0.15, 0.2) is 36.4 Å². The van der Waals surface area contributed by atoms with Gasteiger partial charge in [-0.15, -0.1) is 0 Å². The number of hydrogen-bond donors (Lipinski definition) is 0. The maximum absolute atomic E-state index is 13.1. The second kappa shape index (κ2) is 9.05. The molecule has 3 aliphatic rings. The summed E-state index contributed by atoms with van der Waals surface area (Å²) in [4.78, 5) is 40.1. The van der Waals surface area contributed by atoms with Gasteiger partial charge in [0.05, 0.1) is 9.84 Å². The number of likely N-dealkylation sites (N-methyl/N-ethyl adjacent to an activating group) is 1. The smallest absolute Gasteiger partial charge is 0.347 e. The van der Waals surface area contributed by atoms with Gasteiger partial charge in [-0.1, -0.05) is 63.4 Å². The summed E-state index contributed by atoms with van der Waals surface area (Å²) in [7, 11) is 2.14. The first kappa shape index (κ1) is 24.0. The van der Waals surface area contributed by atoms with Crippen molar-refractivity contribution in [2.24, 2.45) is 0 Å². The van der Waals surface area contributed by atoms with Crippen LogP contribution in [0.4, 0.5) is 0 Å². The SMILES string of the molecule is CC(=O)Oc1ccccc1C(=O)Oc1ccc2c3c1O[C@@H](C(=O)CI)[C@]31CCN(C)[C@H](C2)[C@@H]1I. The lowest BCUT2D eigenvalue weighted by atomic mass is 9.61. The Hall–Kier alpha value is -1.73. The molecule has 0 unspecified atom stereocenters. The van der Waals surface area contributed by atoms with Gasteiger partial charge in [-0.2, -0.15) is 0 Å². The molecule has 1 aliphatic carbocycles. The van der Waals surface area contributed by atoms with E-state index in [-0.39, 0.29) is 26.8 Å². The van der Waals surface area contributed by atoms with Gasteiger partial charge < -0.3 is 19.1 Å². The number of carbonyl (C=O) groups is 3. The highest BCUT2D eigenvalue weighted by Gasteiger charge is 2.63. The van der Waals surface area contributed by atoms with Gasteiger partial charge in [0.25, 0.3) is 0 Å². The fourth-order valence-corrected chi connectivity index (χ4v) is 7.70. The Balaban J connectivity index is 1.58. The van der Waals surface area contributed by atoms with Crippen molar-refractivity contribution in [3.63, 3.8) is 0 Å². The molecule has 2 aromatic rings. The summed E-state index contributed by atoms with van der Waals surface area (Å²) in [5.41, 5.74) is 1.85. The molecule has 1 saturated heterocycles. The van der Waals surface area contributed by atoms with E-state index in [1.807, 2.05) is 6.07 Å². The summed E-state index contributed by atoms with van der Waals surface area (Å²) >= 11 is 4.58. The van der Waals surface area contributed by atoms with Crippen LogP contribution in [0.25, 0.3) is 0 Å². The molecule has 4 atom stereocenters. The average Bonchev–Trinajstić information content (AvgIpc) is 3.16. The largest absolute Gasteiger partial charge is 0.477 e. The third-order valence-electron chi connectivity index (χ3n) is 7.07. The van der Waals surface area contributed by atoms with Crippen molar-refractivity contribution in [3.05, 3.63) is 53.1 Å². The van der Waals surface area contributed by atoms with Crippen molar-refractivity contribution in [3.8, 4) is 17.2 Å². The van der Waals surface area contributed by atoms with Crippen LogP contribution in [0.5, 0.6) is 17.2 Å². The van der Waals surface area contributed by atoms with Gasteiger partial charge in [-0.25, -0.2) is 4.79 Å². The molecule has 0 N–H and O–H groups in total. The number of para-hydroxylation sites is 1. The third kappa shape index (κ3) is 3.65. The van der Waals surface area contributed by atoms with E-state index in [1.165, 1.54) is 6.92 Å². The number of nitrogens with zero attached hydrogens (tertiary/aromatic N) is 1. The van der Waals surface area contributed by atoms with Crippen LogP contribution >= 0.6 is 45.2 Å². The normalized spacial score (nSPS) is 26.9. The molecular weight excluding hydrogens is 664 g/mol. The Labute approximate surface area is 224 Å². The molecule has 2 aliphatic heterocycles. The van der Waals surface area contributed by atoms with Gasteiger partial charge in [0.15, 0.2) is 23.4 Å². The predicted molar refractivity (Wildman–Crippen MR) is 142 cm³/mol. The van der Waals surface area contributed by atoms with Crippen molar-refractivity contribution < 1.29 is 28.6 Å². The molecular formula is C25H23I2NO6. The zero-order chi connectivity index (χ0) is 24.2. The maximum atomic E-state index is 13.1. The minimum atomic E-state index is -0.655. The molecule has 9 heteroatoms. The van der Waals surface area contributed by atoms with E-state index in [0.717, 1.165) is 30.5 Å². The van der Waals surface area contributed by atoms with E-state index in [1.54, 1.807) is 30.3 Å². The number of esters is 2. The molecule has 178 valence electrons. The fourth-order valence-electron chi connectivity index (χ4n) is 5.55. The molecule has 0 amide bonds. The molecule has 1 spiro atoms. The predicted octanol–water partition coefficient (Wildman–Crippen LogP) is 3.90. The summed E-state index contributed by atoms with van der Waals surface area (Å²) in [6, 6.07) is 10.5. The number of benzene rings is 2. The van der Waals surface area contributed by atoms with Crippen LogP contribution in [0.3, 0.4) is 0 Å². The van der Waals surface area contributed by atoms with Gasteiger partial charge in [-0.3, -0.25) is 9.59 Å². The summed E-state index contributed by atoms with van der Waals surface area (Å²) in [5.74, 6) is -0.225. The summed E-state index contributed by atoms with van der Waals surface area (Å²) in [5, 5.41) is 0. The van der Waals surface area contributed by atoms with E-state index >= 15 is 0 Å². The number of Topliss-reactive ketones (excluding diaryl/α,β-unsaturated/α-hetero) is 1. The van der Waals surface area contributed by atoms with Gasteiger partial charge in [0.1, 0.15) is 11.3 Å². The first-order chi connectivity index (χ1) is 16.3. The number of alkyl halides is 2. The summed E-state index contributed by atoms with van der Waals surface area (Å²) in [6.45, 7) is 2.15. The topological polar surface area (TPSA) is 82.1 Å². The molecule has 5 rings (SSSR count). The van der Waals surface area contributed by atoms with E-state index in [2.05, 4.69) is 57.1 Å². The number of ether oxygens (including phenoxy) is 3. The highest BCUT2D eigenvalue weighted by Crippen LogP contribution is 2.60. The molecule has 34 heavy (non-hydrogen) atoms. The Morgan fingerprint density at radius 1 is 1.15 bits per heavy atom. The number of fused-ring (bicyclic) bond motifs is 1. The lowest BCUT2D eigenvalue weighted by Gasteiger charge is -2.52. The van der Waals surface area contributed by atoms with Crippen LogP contribution in [0, 0.1) is 0 Å². The number of ketones is 1. The first-order valence-electron chi connectivity index (χ1n) is 11.0. The number of likely N-dealkylation sites (tertiary alicyclic amines) is 1. The van der Waals surface area contributed by atoms with Crippen LogP contribution in [0.1, 0.15) is 34.8 Å². The minimum Gasteiger partial charge on any atom is -0.477 e. The van der Waals surface area contributed by atoms with E-state index in [9.17, 15) is 14.4 Å². The Morgan fingerprint density at radius 2 is 1.91 bits per heavy atom. The molecule has 0 aromatic heterocycles. The number of piperidine rings is 1. The second-order valence-corrected chi connectivity index (χ2v) is 11.1. The maximum Gasteiger partial charge on any atom is 0.347 e. The highest BCUT2D eigenvalue weighted by atomic mass is 127. The van der Waals surface area contributed by atoms with Crippen molar-refractivity contribution in [1.29, 1.82) is 0 Å². The molecule has 0 radical (unpaired) electrons. The Kier molecular flexibility index (Phi) is 6.38. The Bertz CT molecular complexity index is 1200. The number of halogens is 2. The zero-order valence-electron chi connectivity index (χ0n) is 18.7. The number of hydrogen-bond acceptors (Lipinski definition) is 7. The fraction of sp³-hybridized carbons (Fsp3) is 0.400. The van der Waals surface area contributed by atoms with Gasteiger partial charge in [-0.05, 0) is 50.2 Å². The monoisotopic (exact) mass is 687 g/mol. The Morgan fingerprint density at radius 3 is 2.65 bits per heavy atom. The average molecular weight is 687 g/mol. The van der Waals surface area contributed by atoms with Crippen molar-refractivity contribution in [2.75, 3.05) is 18.0 Å². The van der Waals surface area contributed by atoms with Crippen LogP contribution in [-0.4, -0.2) is 56.7 Å². The van der Waals surface area contributed by atoms with E-state index in [0.29, 0.717) is 16.2 Å². The van der Waals surface area contributed by atoms with E-state index in [4.69, 9.17) is 14.2 Å². The number of rotatable bonds is 5. The second-order valence-electron chi connectivity index (χ2n) is 8.95. The summed E-state index contributed by atoms with van der Waals surface area (Å²) in [6.07, 6.45) is 1.05. The molecule has 7 nitrogen and oxygen atoms in total.